The molecule has 0 bridgehead atoms. The molecule has 0 radical (unpaired) electrons. The van der Waals surface area contributed by atoms with Crippen LogP contribution in [-0.4, -0.2) is 15.7 Å². The van der Waals surface area contributed by atoms with Gasteiger partial charge in [-0.25, -0.2) is 0 Å². The zero-order chi connectivity index (χ0) is 20.9. The minimum Gasteiger partial charge on any atom is -0.486 e. The lowest BCUT2D eigenvalue weighted by atomic mass is 10.2. The van der Waals surface area contributed by atoms with Gasteiger partial charge in [0.25, 0.3) is 5.91 Å². The second-order valence-electron chi connectivity index (χ2n) is 6.49. The molecule has 1 amide bonds. The van der Waals surface area contributed by atoms with Gasteiger partial charge in [-0.1, -0.05) is 35.3 Å². The Kier molecular flexibility index (Phi) is 6.07. The third-order valence-corrected chi connectivity index (χ3v) is 4.72. The Labute approximate surface area is 183 Å². The number of anilines is 1. The van der Waals surface area contributed by atoms with Crippen molar-refractivity contribution in [1.82, 2.24) is 9.78 Å². The summed E-state index contributed by atoms with van der Waals surface area (Å²) < 4.78 is 12.9. The molecule has 1 N–H and O–H groups in total. The summed E-state index contributed by atoms with van der Waals surface area (Å²) in [5, 5.41) is 8.40. The molecule has 0 aliphatic carbocycles. The molecule has 0 aliphatic heterocycles. The van der Waals surface area contributed by atoms with Crippen LogP contribution in [0.5, 0.6) is 5.75 Å². The van der Waals surface area contributed by atoms with E-state index in [1.807, 2.05) is 24.3 Å². The van der Waals surface area contributed by atoms with Gasteiger partial charge < -0.3 is 14.5 Å². The van der Waals surface area contributed by atoms with E-state index in [0.717, 1.165) is 5.56 Å². The molecule has 2 aromatic heterocycles. The molecular weight excluding hydrogens is 425 g/mol. The van der Waals surface area contributed by atoms with Crippen LogP contribution in [0.3, 0.4) is 0 Å². The number of rotatable bonds is 7. The minimum atomic E-state index is -0.385. The van der Waals surface area contributed by atoms with Crippen LogP contribution in [0, 0.1) is 0 Å². The van der Waals surface area contributed by atoms with Gasteiger partial charge >= 0.3 is 0 Å². The maximum atomic E-state index is 12.4. The smallest absolute Gasteiger partial charge is 0.292 e. The Hall–Kier alpha value is -3.22. The van der Waals surface area contributed by atoms with Crippen LogP contribution in [0.15, 0.2) is 77.3 Å². The first-order valence-electron chi connectivity index (χ1n) is 9.11. The highest BCUT2D eigenvalue weighted by molar-refractivity contribution is 6.30. The Bertz CT molecular complexity index is 1140. The highest BCUT2D eigenvalue weighted by Crippen LogP contribution is 2.18. The number of nitrogens with one attached hydrogen (secondary N) is 1. The first-order valence-corrected chi connectivity index (χ1v) is 9.87. The fourth-order valence-electron chi connectivity index (χ4n) is 2.73. The molecule has 4 aromatic rings. The van der Waals surface area contributed by atoms with E-state index >= 15 is 0 Å². The molecular formula is C22H17Cl2N3O3. The van der Waals surface area contributed by atoms with Crippen molar-refractivity contribution in [2.75, 3.05) is 5.32 Å². The number of benzene rings is 2. The van der Waals surface area contributed by atoms with Crippen molar-refractivity contribution in [1.29, 1.82) is 0 Å². The van der Waals surface area contributed by atoms with Crippen LogP contribution in [-0.2, 0) is 13.2 Å². The van der Waals surface area contributed by atoms with Crippen LogP contribution in [0.2, 0.25) is 10.0 Å². The topological polar surface area (TPSA) is 69.3 Å². The number of halogens is 2. The Morgan fingerprint density at radius 3 is 2.40 bits per heavy atom. The van der Waals surface area contributed by atoms with Crippen molar-refractivity contribution in [3.8, 4) is 5.75 Å². The number of nitrogens with zero attached hydrogens (tertiary/aromatic N) is 2. The summed E-state index contributed by atoms with van der Waals surface area (Å²) in [5.41, 5.74) is 1.05. The molecule has 0 saturated carbocycles. The van der Waals surface area contributed by atoms with Gasteiger partial charge in [-0.05, 0) is 54.1 Å². The average molecular weight is 442 g/mol. The zero-order valence-electron chi connectivity index (χ0n) is 15.7. The van der Waals surface area contributed by atoms with E-state index in [1.165, 1.54) is 0 Å². The Morgan fingerprint density at radius 2 is 1.67 bits per heavy atom. The summed E-state index contributed by atoms with van der Waals surface area (Å²) in [6.07, 6.45) is 1.79. The van der Waals surface area contributed by atoms with Gasteiger partial charge in [0.05, 0.1) is 6.54 Å². The number of furan rings is 1. The molecule has 0 aliphatic rings. The van der Waals surface area contributed by atoms with Gasteiger partial charge in [0.1, 0.15) is 18.1 Å². The number of hydrogen-bond acceptors (Lipinski definition) is 4. The van der Waals surface area contributed by atoms with E-state index in [0.29, 0.717) is 33.9 Å². The normalized spacial score (nSPS) is 10.7. The Balaban J connectivity index is 1.32. The van der Waals surface area contributed by atoms with E-state index in [2.05, 4.69) is 10.4 Å². The van der Waals surface area contributed by atoms with Crippen molar-refractivity contribution in [2.24, 2.45) is 0 Å². The predicted octanol–water partition coefficient (Wildman–Crippen LogP) is 5.66. The summed E-state index contributed by atoms with van der Waals surface area (Å²) >= 11 is 11.8. The fraction of sp³-hybridized carbons (Fsp3) is 0.0909. The molecule has 4 rings (SSSR count). The van der Waals surface area contributed by atoms with Crippen molar-refractivity contribution in [2.45, 2.75) is 13.2 Å². The minimum absolute atomic E-state index is 0.178. The number of ether oxygens (including phenoxy) is 1. The van der Waals surface area contributed by atoms with E-state index in [4.69, 9.17) is 32.4 Å². The highest BCUT2D eigenvalue weighted by atomic mass is 35.5. The maximum absolute atomic E-state index is 12.4. The van der Waals surface area contributed by atoms with E-state index in [9.17, 15) is 4.79 Å². The molecule has 30 heavy (non-hydrogen) atoms. The molecule has 0 unspecified atom stereocenters. The second kappa shape index (κ2) is 9.07. The molecule has 152 valence electrons. The first-order chi connectivity index (χ1) is 14.5. The highest BCUT2D eigenvalue weighted by Gasteiger charge is 2.13. The SMILES string of the molecule is O=C(Nc1ccn(Cc2ccc(Cl)cc2)n1)c1ccc(COc2ccc(Cl)cc2)o1. The van der Waals surface area contributed by atoms with Crippen LogP contribution in [0.4, 0.5) is 5.82 Å². The summed E-state index contributed by atoms with van der Waals surface area (Å²) in [6, 6.07) is 19.5. The number of carbonyl (C=O) groups excluding carboxylic acids is 1. The number of carbonyl (C=O) groups is 1. The van der Waals surface area contributed by atoms with Crippen LogP contribution in [0.25, 0.3) is 0 Å². The molecule has 0 atom stereocenters. The van der Waals surface area contributed by atoms with E-state index < -0.39 is 0 Å². The van der Waals surface area contributed by atoms with Crippen molar-refractivity contribution >= 4 is 34.9 Å². The van der Waals surface area contributed by atoms with Gasteiger partial charge in [-0.3, -0.25) is 9.48 Å². The van der Waals surface area contributed by atoms with Gasteiger partial charge in [0.15, 0.2) is 11.6 Å². The summed E-state index contributed by atoms with van der Waals surface area (Å²) in [4.78, 5) is 12.4. The lowest BCUT2D eigenvalue weighted by molar-refractivity contribution is 0.0992. The number of hydrogen-bond donors (Lipinski definition) is 1. The lowest BCUT2D eigenvalue weighted by Gasteiger charge is -2.04. The molecule has 8 heteroatoms. The number of amides is 1. The van der Waals surface area contributed by atoms with Gasteiger partial charge in [0, 0.05) is 22.3 Å². The van der Waals surface area contributed by atoms with E-state index in [-0.39, 0.29) is 18.3 Å². The third kappa shape index (κ3) is 5.23. The second-order valence-corrected chi connectivity index (χ2v) is 7.36. The van der Waals surface area contributed by atoms with Crippen LogP contribution in [0.1, 0.15) is 21.9 Å². The lowest BCUT2D eigenvalue weighted by Crippen LogP contribution is -2.12. The summed E-state index contributed by atoms with van der Waals surface area (Å²) in [6.45, 7) is 0.768. The largest absolute Gasteiger partial charge is 0.486 e. The summed E-state index contributed by atoms with van der Waals surface area (Å²) in [7, 11) is 0. The van der Waals surface area contributed by atoms with Gasteiger partial charge in [0.2, 0.25) is 0 Å². The van der Waals surface area contributed by atoms with Crippen molar-refractivity contribution in [3.05, 3.63) is 100 Å². The zero-order valence-corrected chi connectivity index (χ0v) is 17.2. The standard InChI is InChI=1S/C22H17Cl2N3O3/c23-16-3-1-15(2-4-16)13-27-12-11-21(26-27)25-22(28)20-10-9-19(30-20)14-29-18-7-5-17(24)6-8-18/h1-12H,13-14H2,(H,25,26,28). The predicted molar refractivity (Wildman–Crippen MR) is 115 cm³/mol. The van der Waals surface area contributed by atoms with Gasteiger partial charge in [-0.2, -0.15) is 5.10 Å². The molecule has 0 saturated heterocycles. The van der Waals surface area contributed by atoms with Gasteiger partial charge in [-0.15, -0.1) is 0 Å². The van der Waals surface area contributed by atoms with E-state index in [1.54, 1.807) is 53.3 Å². The molecule has 0 fully saturated rings. The maximum Gasteiger partial charge on any atom is 0.292 e. The van der Waals surface area contributed by atoms with Crippen molar-refractivity contribution < 1.29 is 13.9 Å². The quantitative estimate of drug-likeness (QED) is 0.401. The molecule has 2 aromatic carbocycles. The first kappa shape index (κ1) is 20.1. The summed E-state index contributed by atoms with van der Waals surface area (Å²) in [5.74, 6) is 1.42. The van der Waals surface area contributed by atoms with Crippen LogP contribution < -0.4 is 10.1 Å². The fourth-order valence-corrected chi connectivity index (χ4v) is 2.99. The van der Waals surface area contributed by atoms with Crippen molar-refractivity contribution in [3.63, 3.8) is 0 Å². The average Bonchev–Trinajstić information content (AvgIpc) is 3.39. The monoisotopic (exact) mass is 441 g/mol. The molecule has 6 nitrogen and oxygen atoms in total. The van der Waals surface area contributed by atoms with Crippen LogP contribution >= 0.6 is 23.2 Å². The third-order valence-electron chi connectivity index (χ3n) is 4.22. The Morgan fingerprint density at radius 1 is 0.967 bits per heavy atom. The molecule has 0 spiro atoms. The number of aromatic nitrogens is 2. The molecule has 2 heterocycles.